The second-order valence-electron chi connectivity index (χ2n) is 8.35. The van der Waals surface area contributed by atoms with E-state index in [1.54, 1.807) is 61.5 Å². The summed E-state index contributed by atoms with van der Waals surface area (Å²) in [6.45, 7) is 1.73. The van der Waals surface area contributed by atoms with E-state index in [1.807, 2.05) is 12.1 Å². The molecule has 0 unspecified atom stereocenters. The van der Waals surface area contributed by atoms with Gasteiger partial charge >= 0.3 is 0 Å². The smallest absolute Gasteiger partial charge is 0.264 e. The number of rotatable bonds is 7. The maximum absolute atomic E-state index is 13.4. The SMILES string of the molecule is Cc1ccnc(NS(=O)(=O)c2ccc(N=CC3C(=O)N(c4ccccc4)N(c4ccccc4)C3=O)cc2)n1. The summed E-state index contributed by atoms with van der Waals surface area (Å²) >= 11 is 0. The van der Waals surface area contributed by atoms with Gasteiger partial charge in [-0.05, 0) is 61.5 Å². The van der Waals surface area contributed by atoms with Crippen molar-refractivity contribution in [2.75, 3.05) is 14.7 Å². The van der Waals surface area contributed by atoms with Crippen LogP contribution in [0.4, 0.5) is 23.0 Å². The minimum absolute atomic E-state index is 0.0138. The van der Waals surface area contributed by atoms with Crippen molar-refractivity contribution < 1.29 is 18.0 Å². The summed E-state index contributed by atoms with van der Waals surface area (Å²) < 4.78 is 27.7. The molecule has 0 aliphatic carbocycles. The quantitative estimate of drug-likeness (QED) is 0.288. The van der Waals surface area contributed by atoms with Crippen molar-refractivity contribution in [3.8, 4) is 0 Å². The van der Waals surface area contributed by atoms with E-state index in [2.05, 4.69) is 19.7 Å². The largest absolute Gasteiger partial charge is 0.271 e. The van der Waals surface area contributed by atoms with Crippen LogP contribution in [0.15, 0.2) is 107 Å². The van der Waals surface area contributed by atoms with Gasteiger partial charge in [-0.2, -0.15) is 0 Å². The Morgan fingerprint density at radius 1 is 0.816 bits per heavy atom. The molecule has 5 rings (SSSR count). The monoisotopic (exact) mass is 526 g/mol. The molecule has 38 heavy (non-hydrogen) atoms. The molecule has 1 fully saturated rings. The molecule has 0 bridgehead atoms. The van der Waals surface area contributed by atoms with Crippen LogP contribution >= 0.6 is 0 Å². The molecule has 0 spiro atoms. The van der Waals surface area contributed by atoms with E-state index in [-0.39, 0.29) is 10.8 Å². The second-order valence-corrected chi connectivity index (χ2v) is 10.0. The average molecular weight is 527 g/mol. The number of aliphatic imine (C=N–C) groups is 1. The van der Waals surface area contributed by atoms with Crippen molar-refractivity contribution in [3.05, 3.63) is 103 Å². The maximum atomic E-state index is 13.4. The highest BCUT2D eigenvalue weighted by Gasteiger charge is 2.46. The van der Waals surface area contributed by atoms with Crippen LogP contribution in [-0.4, -0.2) is 36.4 Å². The van der Waals surface area contributed by atoms with Crippen LogP contribution in [0.5, 0.6) is 0 Å². The predicted molar refractivity (Wildman–Crippen MR) is 144 cm³/mol. The molecule has 0 saturated carbocycles. The first-order valence-electron chi connectivity index (χ1n) is 11.6. The Bertz CT molecular complexity index is 1550. The Hall–Kier alpha value is -4.90. The molecule has 1 saturated heterocycles. The number of aryl methyl sites for hydroxylation is 1. The molecule has 4 aromatic rings. The zero-order valence-electron chi connectivity index (χ0n) is 20.2. The number of sulfonamides is 1. The summed E-state index contributed by atoms with van der Waals surface area (Å²) in [5, 5.41) is 2.67. The van der Waals surface area contributed by atoms with Crippen LogP contribution < -0.4 is 14.7 Å². The number of amides is 2. The van der Waals surface area contributed by atoms with Crippen LogP contribution in [0.3, 0.4) is 0 Å². The fraction of sp³-hybridized carbons (Fsp3) is 0.0741. The van der Waals surface area contributed by atoms with Gasteiger partial charge < -0.3 is 0 Å². The highest BCUT2D eigenvalue weighted by Crippen LogP contribution is 2.31. The number of carbonyl (C=O) groups is 2. The van der Waals surface area contributed by atoms with Gasteiger partial charge in [0.1, 0.15) is 0 Å². The third-order valence-corrected chi connectivity index (χ3v) is 7.04. The number of aromatic nitrogens is 2. The van der Waals surface area contributed by atoms with E-state index in [0.29, 0.717) is 22.8 Å². The van der Waals surface area contributed by atoms with E-state index in [4.69, 9.17) is 0 Å². The lowest BCUT2D eigenvalue weighted by molar-refractivity contribution is -0.124. The van der Waals surface area contributed by atoms with Gasteiger partial charge in [0, 0.05) is 18.1 Å². The number of carbonyl (C=O) groups excluding carboxylic acids is 2. The van der Waals surface area contributed by atoms with Gasteiger partial charge in [-0.25, -0.2) is 33.1 Å². The van der Waals surface area contributed by atoms with E-state index >= 15 is 0 Å². The molecule has 0 radical (unpaired) electrons. The van der Waals surface area contributed by atoms with Crippen LogP contribution in [0.2, 0.25) is 0 Å². The van der Waals surface area contributed by atoms with Crippen LogP contribution in [0, 0.1) is 12.8 Å². The maximum Gasteiger partial charge on any atom is 0.264 e. The van der Waals surface area contributed by atoms with E-state index in [9.17, 15) is 18.0 Å². The molecule has 0 atom stereocenters. The summed E-state index contributed by atoms with van der Waals surface area (Å²) in [6, 6.07) is 25.1. The molecule has 1 aliphatic rings. The molecule has 2 amide bonds. The Morgan fingerprint density at radius 2 is 1.37 bits per heavy atom. The minimum Gasteiger partial charge on any atom is -0.271 e. The zero-order valence-corrected chi connectivity index (χ0v) is 21.0. The first-order chi connectivity index (χ1) is 18.3. The van der Waals surface area contributed by atoms with Gasteiger partial charge in [0.2, 0.25) is 5.95 Å². The second kappa shape index (κ2) is 10.2. The third kappa shape index (κ3) is 5.00. The Kier molecular flexibility index (Phi) is 6.67. The zero-order chi connectivity index (χ0) is 26.7. The minimum atomic E-state index is -3.92. The standard InChI is InChI=1S/C27H22N6O4S/c1-19-16-17-28-27(30-19)31-38(36,37)23-14-12-20(13-15-23)29-18-24-25(34)32(21-8-4-2-5-9-21)33(26(24)35)22-10-6-3-7-11-22/h2-18,24H,1H3,(H,28,30,31). The molecule has 190 valence electrons. The lowest BCUT2D eigenvalue weighted by atomic mass is 10.1. The molecular formula is C27H22N6O4S. The van der Waals surface area contributed by atoms with Crippen molar-refractivity contribution in [1.29, 1.82) is 0 Å². The lowest BCUT2D eigenvalue weighted by Crippen LogP contribution is -2.41. The van der Waals surface area contributed by atoms with Gasteiger partial charge in [-0.3, -0.25) is 14.6 Å². The highest BCUT2D eigenvalue weighted by atomic mass is 32.2. The van der Waals surface area contributed by atoms with Gasteiger partial charge in [0.25, 0.3) is 21.8 Å². The Morgan fingerprint density at radius 3 is 1.89 bits per heavy atom. The van der Waals surface area contributed by atoms with Crippen molar-refractivity contribution in [1.82, 2.24) is 9.97 Å². The van der Waals surface area contributed by atoms with Crippen molar-refractivity contribution >= 4 is 51.1 Å². The fourth-order valence-electron chi connectivity index (χ4n) is 3.87. The van der Waals surface area contributed by atoms with Gasteiger partial charge in [-0.15, -0.1) is 0 Å². The molecule has 1 N–H and O–H groups in total. The Labute approximate surface area is 219 Å². The van der Waals surface area contributed by atoms with Crippen molar-refractivity contribution in [2.45, 2.75) is 11.8 Å². The average Bonchev–Trinajstić information content (AvgIpc) is 3.17. The van der Waals surface area contributed by atoms with E-state index in [0.717, 1.165) is 0 Å². The number of benzene rings is 3. The topological polar surface area (TPSA) is 125 Å². The third-order valence-electron chi connectivity index (χ3n) is 5.69. The number of para-hydroxylation sites is 2. The van der Waals surface area contributed by atoms with E-state index < -0.39 is 27.8 Å². The summed E-state index contributed by atoms with van der Waals surface area (Å²) in [7, 11) is -3.92. The van der Waals surface area contributed by atoms with Crippen LogP contribution in [0.25, 0.3) is 0 Å². The first kappa shape index (κ1) is 24.8. The fourth-order valence-corrected chi connectivity index (χ4v) is 4.82. The molecule has 11 heteroatoms. The van der Waals surface area contributed by atoms with Gasteiger partial charge in [-0.1, -0.05) is 36.4 Å². The summed E-state index contributed by atoms with van der Waals surface area (Å²) in [5.74, 6) is -2.08. The lowest BCUT2D eigenvalue weighted by Gasteiger charge is -2.27. The normalized spacial score (nSPS) is 14.4. The number of hydrazine groups is 1. The molecular weight excluding hydrogens is 504 g/mol. The summed E-state index contributed by atoms with van der Waals surface area (Å²) in [5.41, 5.74) is 2.09. The molecule has 1 aromatic heterocycles. The number of hydrogen-bond acceptors (Lipinski definition) is 7. The highest BCUT2D eigenvalue weighted by molar-refractivity contribution is 7.92. The Balaban J connectivity index is 1.38. The van der Waals surface area contributed by atoms with Crippen LogP contribution in [-0.2, 0) is 19.6 Å². The van der Waals surface area contributed by atoms with Gasteiger partial charge in [0.05, 0.1) is 22.0 Å². The number of nitrogens with one attached hydrogen (secondary N) is 1. The molecule has 3 aromatic carbocycles. The summed E-state index contributed by atoms with van der Waals surface area (Å²) in [6.07, 6.45) is 2.74. The molecule has 1 aliphatic heterocycles. The number of hydrogen-bond donors (Lipinski definition) is 1. The van der Waals surface area contributed by atoms with Crippen molar-refractivity contribution in [3.63, 3.8) is 0 Å². The van der Waals surface area contributed by atoms with Crippen molar-refractivity contribution in [2.24, 2.45) is 10.9 Å². The first-order valence-corrected chi connectivity index (χ1v) is 13.1. The predicted octanol–water partition coefficient (Wildman–Crippen LogP) is 3.90. The number of nitrogens with zero attached hydrogens (tertiary/aromatic N) is 5. The molecule has 10 nitrogen and oxygen atoms in total. The van der Waals surface area contributed by atoms with Crippen LogP contribution in [0.1, 0.15) is 5.69 Å². The van der Waals surface area contributed by atoms with E-state index in [1.165, 1.54) is 46.7 Å². The number of anilines is 3. The van der Waals surface area contributed by atoms with Gasteiger partial charge in [0.15, 0.2) is 5.92 Å². The molecule has 2 heterocycles. The summed E-state index contributed by atoms with van der Waals surface area (Å²) in [4.78, 5) is 39.0.